The van der Waals surface area contributed by atoms with E-state index in [9.17, 15) is 29.6 Å². The Kier molecular flexibility index (Phi) is 8.65. The summed E-state index contributed by atoms with van der Waals surface area (Å²) >= 11 is 14.2. The van der Waals surface area contributed by atoms with E-state index in [1.165, 1.54) is 41.7 Å². The molecule has 0 bridgehead atoms. The quantitative estimate of drug-likeness (QED) is 0.201. The SMILES string of the molecule is O=C(O)CC(NC(=O)C1CCN(C(=O)/C=C/c2cc3ccsc3c(Cl)c2Cl)CC1)c1ccc([N+](=O)[O-])cc1. The molecule has 0 spiro atoms. The van der Waals surface area contributed by atoms with Crippen LogP contribution in [0.5, 0.6) is 0 Å². The molecule has 0 radical (unpaired) electrons. The van der Waals surface area contributed by atoms with E-state index in [1.807, 2.05) is 17.5 Å². The summed E-state index contributed by atoms with van der Waals surface area (Å²) in [6.45, 7) is 0.723. The van der Waals surface area contributed by atoms with Gasteiger partial charge in [0.25, 0.3) is 5.69 Å². The normalized spacial score (nSPS) is 15.1. The molecule has 2 N–H and O–H groups in total. The number of nitrogens with zero attached hydrogens (tertiary/aromatic N) is 2. The first-order valence-corrected chi connectivity index (χ1v) is 13.4. The van der Waals surface area contributed by atoms with Crippen molar-refractivity contribution in [3.8, 4) is 0 Å². The second-order valence-corrected chi connectivity index (χ2v) is 10.5. The van der Waals surface area contributed by atoms with E-state index in [4.69, 9.17) is 23.2 Å². The van der Waals surface area contributed by atoms with Gasteiger partial charge >= 0.3 is 5.97 Å². The number of likely N-dealkylation sites (tertiary alicyclic amines) is 1. The molecule has 1 unspecified atom stereocenters. The third-order valence-electron chi connectivity index (χ3n) is 6.44. The second-order valence-electron chi connectivity index (χ2n) is 8.87. The minimum absolute atomic E-state index is 0.127. The van der Waals surface area contributed by atoms with E-state index < -0.39 is 22.9 Å². The molecule has 1 saturated heterocycles. The molecule has 1 fully saturated rings. The molecule has 3 aromatic rings. The van der Waals surface area contributed by atoms with Crippen LogP contribution in [-0.4, -0.2) is 45.8 Å². The molecule has 0 aliphatic carbocycles. The van der Waals surface area contributed by atoms with Gasteiger partial charge in [-0.15, -0.1) is 11.3 Å². The number of aliphatic carboxylic acids is 1. The number of piperidine rings is 1. The number of thiophene rings is 1. The molecule has 0 saturated carbocycles. The van der Waals surface area contributed by atoms with Crippen molar-refractivity contribution in [2.24, 2.45) is 5.92 Å². The monoisotopic (exact) mass is 575 g/mol. The number of carbonyl (C=O) groups is 3. The largest absolute Gasteiger partial charge is 0.481 e. The zero-order valence-electron chi connectivity index (χ0n) is 19.9. The molecular formula is C26H23Cl2N3O6S. The van der Waals surface area contributed by atoms with Crippen LogP contribution in [0.25, 0.3) is 16.2 Å². The average molecular weight is 576 g/mol. The molecule has 1 aliphatic rings. The van der Waals surface area contributed by atoms with E-state index >= 15 is 0 Å². The molecule has 38 heavy (non-hydrogen) atoms. The number of benzene rings is 2. The maximum absolute atomic E-state index is 12.9. The highest BCUT2D eigenvalue weighted by Gasteiger charge is 2.29. The summed E-state index contributed by atoms with van der Waals surface area (Å²) in [6.07, 6.45) is 3.54. The molecule has 9 nitrogen and oxygen atoms in total. The molecule has 1 aromatic heterocycles. The highest BCUT2D eigenvalue weighted by molar-refractivity contribution is 7.18. The third-order valence-corrected chi connectivity index (χ3v) is 8.38. The Morgan fingerprint density at radius 3 is 2.47 bits per heavy atom. The Labute approximate surface area is 231 Å². The predicted octanol–water partition coefficient (Wildman–Crippen LogP) is 5.70. The van der Waals surface area contributed by atoms with E-state index in [0.717, 1.165) is 10.1 Å². The van der Waals surface area contributed by atoms with Crippen molar-refractivity contribution in [3.05, 3.63) is 79.1 Å². The van der Waals surface area contributed by atoms with Crippen LogP contribution >= 0.6 is 34.5 Å². The predicted molar refractivity (Wildman–Crippen MR) is 146 cm³/mol. The zero-order valence-corrected chi connectivity index (χ0v) is 22.3. The summed E-state index contributed by atoms with van der Waals surface area (Å²) in [7, 11) is 0. The van der Waals surface area contributed by atoms with Gasteiger partial charge in [0.2, 0.25) is 11.8 Å². The number of hydrogen-bond donors (Lipinski definition) is 2. The Bertz CT molecular complexity index is 1410. The minimum Gasteiger partial charge on any atom is -0.481 e. The molecule has 2 amide bonds. The molecular weight excluding hydrogens is 553 g/mol. The minimum atomic E-state index is -1.11. The number of hydrogen-bond acceptors (Lipinski definition) is 6. The number of nitro groups is 1. The smallest absolute Gasteiger partial charge is 0.305 e. The maximum atomic E-state index is 12.9. The molecule has 198 valence electrons. The van der Waals surface area contributed by atoms with Crippen molar-refractivity contribution in [2.45, 2.75) is 25.3 Å². The van der Waals surface area contributed by atoms with Gasteiger partial charge in [-0.05, 0) is 52.9 Å². The summed E-state index contributed by atoms with van der Waals surface area (Å²) in [5.74, 6) is -2.04. The van der Waals surface area contributed by atoms with Crippen LogP contribution in [0.4, 0.5) is 5.69 Å². The first-order valence-electron chi connectivity index (χ1n) is 11.7. The van der Waals surface area contributed by atoms with Gasteiger partial charge < -0.3 is 15.3 Å². The maximum Gasteiger partial charge on any atom is 0.305 e. The van der Waals surface area contributed by atoms with Crippen molar-refractivity contribution in [1.29, 1.82) is 0 Å². The van der Waals surface area contributed by atoms with Crippen molar-refractivity contribution >= 4 is 74.2 Å². The molecule has 1 aliphatic heterocycles. The molecule has 12 heteroatoms. The Balaban J connectivity index is 1.35. The number of carbonyl (C=O) groups excluding carboxylic acids is 2. The van der Waals surface area contributed by atoms with Gasteiger partial charge in [0, 0.05) is 37.2 Å². The van der Waals surface area contributed by atoms with Gasteiger partial charge in [-0.25, -0.2) is 0 Å². The number of carboxylic acids is 1. The van der Waals surface area contributed by atoms with Gasteiger partial charge in [0.05, 0.1) is 32.1 Å². The summed E-state index contributed by atoms with van der Waals surface area (Å²) in [6, 6.07) is 8.39. The van der Waals surface area contributed by atoms with Crippen LogP contribution < -0.4 is 5.32 Å². The lowest BCUT2D eigenvalue weighted by Crippen LogP contribution is -2.43. The van der Waals surface area contributed by atoms with Crippen LogP contribution in [0, 0.1) is 16.0 Å². The lowest BCUT2D eigenvalue weighted by Gasteiger charge is -2.31. The summed E-state index contributed by atoms with van der Waals surface area (Å²) < 4.78 is 0.889. The lowest BCUT2D eigenvalue weighted by atomic mass is 9.94. The lowest BCUT2D eigenvalue weighted by molar-refractivity contribution is -0.384. The number of amides is 2. The Hall–Kier alpha value is -3.47. The highest BCUT2D eigenvalue weighted by Crippen LogP contribution is 2.37. The average Bonchev–Trinajstić information content (AvgIpc) is 3.38. The van der Waals surface area contributed by atoms with Crippen LogP contribution in [0.1, 0.15) is 36.4 Å². The Morgan fingerprint density at radius 1 is 1.16 bits per heavy atom. The molecule has 2 aromatic carbocycles. The van der Waals surface area contributed by atoms with Gasteiger partial charge in [0.1, 0.15) is 0 Å². The van der Waals surface area contributed by atoms with Gasteiger partial charge in [-0.2, -0.15) is 0 Å². The van der Waals surface area contributed by atoms with Gasteiger partial charge in [0.15, 0.2) is 0 Å². The van der Waals surface area contributed by atoms with E-state index in [0.29, 0.717) is 47.1 Å². The topological polar surface area (TPSA) is 130 Å². The van der Waals surface area contributed by atoms with Crippen LogP contribution in [0.3, 0.4) is 0 Å². The van der Waals surface area contributed by atoms with E-state index in [2.05, 4.69) is 5.32 Å². The van der Waals surface area contributed by atoms with Gasteiger partial charge in [-0.1, -0.05) is 35.3 Å². The van der Waals surface area contributed by atoms with Crippen LogP contribution in [0.15, 0.2) is 47.9 Å². The Morgan fingerprint density at radius 2 is 1.84 bits per heavy atom. The summed E-state index contributed by atoms with van der Waals surface area (Å²) in [5, 5.41) is 26.6. The fourth-order valence-electron chi connectivity index (χ4n) is 4.36. The summed E-state index contributed by atoms with van der Waals surface area (Å²) in [5.41, 5.74) is 0.974. The highest BCUT2D eigenvalue weighted by atomic mass is 35.5. The second kappa shape index (κ2) is 11.9. The number of non-ortho nitro benzene ring substituents is 1. The van der Waals surface area contributed by atoms with Crippen molar-refractivity contribution < 1.29 is 24.4 Å². The van der Waals surface area contributed by atoms with Crippen LogP contribution in [0.2, 0.25) is 10.0 Å². The standard InChI is InChI=1S/C26H23Cl2N3O6S/c27-23-17(13-18-9-12-38-25(18)24(23)28)3-6-21(32)30-10-7-16(8-11-30)26(35)29-20(14-22(33)34)15-1-4-19(5-2-15)31(36)37/h1-6,9,12-13,16,20H,7-8,10-11,14H2,(H,29,35)(H,33,34)/b6-3+. The molecule has 1 atom stereocenters. The fourth-order valence-corrected chi connectivity index (χ4v) is 5.80. The van der Waals surface area contributed by atoms with Crippen molar-refractivity contribution in [3.63, 3.8) is 0 Å². The number of fused-ring (bicyclic) bond motifs is 1. The number of nitro benzene ring substituents is 1. The fraction of sp³-hybridized carbons (Fsp3) is 0.269. The van der Waals surface area contributed by atoms with Crippen molar-refractivity contribution in [1.82, 2.24) is 10.2 Å². The summed E-state index contributed by atoms with van der Waals surface area (Å²) in [4.78, 5) is 49.0. The molecule has 4 rings (SSSR count). The zero-order chi connectivity index (χ0) is 27.4. The number of halogens is 2. The number of rotatable bonds is 8. The van der Waals surface area contributed by atoms with E-state index in [1.54, 1.807) is 11.0 Å². The van der Waals surface area contributed by atoms with Crippen LogP contribution in [-0.2, 0) is 14.4 Å². The number of nitrogens with one attached hydrogen (secondary N) is 1. The first kappa shape index (κ1) is 27.6. The first-order chi connectivity index (χ1) is 18.1. The third kappa shape index (κ3) is 6.32. The van der Waals surface area contributed by atoms with E-state index in [-0.39, 0.29) is 23.9 Å². The molecule has 2 heterocycles. The number of carboxylic acid groups (broad SMARTS) is 1. The van der Waals surface area contributed by atoms with Gasteiger partial charge in [-0.3, -0.25) is 24.5 Å². The van der Waals surface area contributed by atoms with Crippen molar-refractivity contribution in [2.75, 3.05) is 13.1 Å².